The second-order valence-corrected chi connectivity index (χ2v) is 9.70. The van der Waals surface area contributed by atoms with Gasteiger partial charge in [0.2, 0.25) is 5.91 Å². The maximum atomic E-state index is 13.8. The number of carbonyl (C=O) groups is 1. The summed E-state index contributed by atoms with van der Waals surface area (Å²) >= 11 is 12.5. The van der Waals surface area contributed by atoms with Crippen LogP contribution >= 0.6 is 23.2 Å². The lowest BCUT2D eigenvalue weighted by Crippen LogP contribution is -2.20. The Balaban J connectivity index is 1.39. The van der Waals surface area contributed by atoms with Crippen LogP contribution in [0.3, 0.4) is 0 Å². The highest BCUT2D eigenvalue weighted by atomic mass is 35.5. The van der Waals surface area contributed by atoms with E-state index < -0.39 is 17.6 Å². The minimum Gasteiger partial charge on any atom is -0.308 e. The SMILES string of the molecule is Cc1nn(CC(=O)Nc2cc(C)n(Cc3c(Cl)cccc3Cl)n2)c2nc(C3CC3)cc(C(F)(F)F)c12. The van der Waals surface area contributed by atoms with Gasteiger partial charge in [-0.15, -0.1) is 0 Å². The Kier molecular flexibility index (Phi) is 6.20. The highest BCUT2D eigenvalue weighted by Gasteiger charge is 2.37. The molecule has 1 fully saturated rings. The molecule has 0 spiro atoms. The van der Waals surface area contributed by atoms with E-state index in [-0.39, 0.29) is 35.0 Å². The maximum absolute atomic E-state index is 13.8. The number of anilines is 1. The molecule has 3 aromatic heterocycles. The quantitative estimate of drug-likeness (QED) is 0.321. The first-order valence-corrected chi connectivity index (χ1v) is 12.0. The molecule has 1 aromatic carbocycles. The molecule has 0 unspecified atom stereocenters. The molecule has 36 heavy (non-hydrogen) atoms. The van der Waals surface area contributed by atoms with Gasteiger partial charge in [0.05, 0.1) is 23.2 Å². The summed E-state index contributed by atoms with van der Waals surface area (Å²) in [7, 11) is 0. The topological polar surface area (TPSA) is 77.6 Å². The van der Waals surface area contributed by atoms with Crippen molar-refractivity contribution in [1.82, 2.24) is 24.5 Å². The summed E-state index contributed by atoms with van der Waals surface area (Å²) in [4.78, 5) is 17.3. The predicted molar refractivity (Wildman–Crippen MR) is 130 cm³/mol. The first-order chi connectivity index (χ1) is 17.0. The molecule has 0 radical (unpaired) electrons. The zero-order valence-electron chi connectivity index (χ0n) is 19.3. The van der Waals surface area contributed by atoms with Crippen LogP contribution in [-0.4, -0.2) is 30.5 Å². The number of hydrogen-bond donors (Lipinski definition) is 1. The molecule has 1 amide bonds. The first kappa shape index (κ1) is 24.6. The Morgan fingerprint density at radius 2 is 1.81 bits per heavy atom. The largest absolute Gasteiger partial charge is 0.417 e. The zero-order valence-corrected chi connectivity index (χ0v) is 20.8. The van der Waals surface area contributed by atoms with Gasteiger partial charge >= 0.3 is 6.18 Å². The lowest BCUT2D eigenvalue weighted by atomic mass is 10.1. The monoisotopic (exact) mass is 536 g/mol. The number of hydrogen-bond acceptors (Lipinski definition) is 4. The third-order valence-corrected chi connectivity index (χ3v) is 6.82. The molecular formula is C24H21Cl2F3N6O. The molecule has 1 aliphatic rings. The molecule has 1 saturated carbocycles. The number of halogens is 5. The number of rotatable bonds is 6. The van der Waals surface area contributed by atoms with E-state index in [4.69, 9.17) is 23.2 Å². The van der Waals surface area contributed by atoms with Crippen molar-refractivity contribution in [1.29, 1.82) is 0 Å². The van der Waals surface area contributed by atoms with Crippen molar-refractivity contribution in [2.45, 2.75) is 51.9 Å². The average Bonchev–Trinajstić information content (AvgIpc) is 3.52. The Morgan fingerprint density at radius 1 is 1.11 bits per heavy atom. The van der Waals surface area contributed by atoms with E-state index in [1.807, 2.05) is 6.92 Å². The molecule has 7 nitrogen and oxygen atoms in total. The van der Waals surface area contributed by atoms with Crippen molar-refractivity contribution < 1.29 is 18.0 Å². The van der Waals surface area contributed by atoms with Gasteiger partial charge in [0, 0.05) is 39.0 Å². The van der Waals surface area contributed by atoms with Gasteiger partial charge in [0.25, 0.3) is 0 Å². The molecule has 1 N–H and O–H groups in total. The number of alkyl halides is 3. The Labute approximate surface area is 214 Å². The van der Waals surface area contributed by atoms with Crippen LogP contribution in [0.25, 0.3) is 11.0 Å². The summed E-state index contributed by atoms with van der Waals surface area (Å²) in [6.07, 6.45) is -2.96. The van der Waals surface area contributed by atoms with Gasteiger partial charge in [-0.3, -0.25) is 9.48 Å². The van der Waals surface area contributed by atoms with Crippen LogP contribution < -0.4 is 5.32 Å². The van der Waals surface area contributed by atoms with E-state index in [1.54, 1.807) is 28.9 Å². The fraction of sp³-hybridized carbons (Fsp3) is 0.333. The number of amides is 1. The first-order valence-electron chi connectivity index (χ1n) is 11.2. The van der Waals surface area contributed by atoms with Gasteiger partial charge in [-0.1, -0.05) is 29.3 Å². The third-order valence-electron chi connectivity index (χ3n) is 6.11. The number of aromatic nitrogens is 5. The van der Waals surface area contributed by atoms with E-state index in [0.717, 1.165) is 24.6 Å². The third kappa shape index (κ3) is 4.79. The van der Waals surface area contributed by atoms with Crippen molar-refractivity contribution in [2.75, 3.05) is 5.32 Å². The van der Waals surface area contributed by atoms with Crippen LogP contribution in [0.5, 0.6) is 0 Å². The van der Waals surface area contributed by atoms with E-state index in [9.17, 15) is 18.0 Å². The van der Waals surface area contributed by atoms with Crippen LogP contribution in [0.1, 0.15) is 47.0 Å². The van der Waals surface area contributed by atoms with Crippen LogP contribution in [0.15, 0.2) is 30.3 Å². The molecular weight excluding hydrogens is 516 g/mol. The second kappa shape index (κ2) is 9.08. The minimum atomic E-state index is -4.55. The smallest absolute Gasteiger partial charge is 0.308 e. The van der Waals surface area contributed by atoms with E-state index in [2.05, 4.69) is 20.5 Å². The maximum Gasteiger partial charge on any atom is 0.417 e. The van der Waals surface area contributed by atoms with Gasteiger partial charge < -0.3 is 5.32 Å². The van der Waals surface area contributed by atoms with Gasteiger partial charge in [-0.2, -0.15) is 23.4 Å². The molecule has 188 valence electrons. The number of nitrogens with one attached hydrogen (secondary N) is 1. The van der Waals surface area contributed by atoms with Gasteiger partial charge in [0.1, 0.15) is 6.54 Å². The van der Waals surface area contributed by atoms with Crippen LogP contribution in [-0.2, 0) is 24.1 Å². The molecule has 0 atom stereocenters. The van der Waals surface area contributed by atoms with E-state index >= 15 is 0 Å². The van der Waals surface area contributed by atoms with Crippen LogP contribution in [0.4, 0.5) is 19.0 Å². The van der Waals surface area contributed by atoms with Crippen LogP contribution in [0.2, 0.25) is 10.0 Å². The van der Waals surface area contributed by atoms with Crippen molar-refractivity contribution >= 4 is 46.0 Å². The Morgan fingerprint density at radius 3 is 2.44 bits per heavy atom. The molecule has 5 rings (SSSR count). The van der Waals surface area contributed by atoms with Crippen molar-refractivity contribution in [2.24, 2.45) is 0 Å². The van der Waals surface area contributed by atoms with Crippen molar-refractivity contribution in [3.63, 3.8) is 0 Å². The normalized spacial score (nSPS) is 14.0. The average molecular weight is 537 g/mol. The highest BCUT2D eigenvalue weighted by molar-refractivity contribution is 6.36. The summed E-state index contributed by atoms with van der Waals surface area (Å²) in [5.74, 6) is -0.199. The molecule has 3 heterocycles. The van der Waals surface area contributed by atoms with Crippen molar-refractivity contribution in [3.05, 3.63) is 68.6 Å². The molecule has 12 heteroatoms. The summed E-state index contributed by atoms with van der Waals surface area (Å²) in [5.41, 5.74) is 1.27. The number of pyridine rings is 1. The van der Waals surface area contributed by atoms with Gasteiger partial charge in [0.15, 0.2) is 11.5 Å². The standard InChI is InChI=1S/C24H21Cl2F3N6O/c1-12-8-20(33-34(12)10-15-17(25)4-3-5-18(15)26)31-21(36)11-35-23-22(13(2)32-35)16(24(27,28)29)9-19(30-23)14-6-7-14/h3-5,8-9,14H,6-7,10-11H2,1-2H3,(H,31,33,36). The number of carbonyl (C=O) groups excluding carboxylic acids is 1. The zero-order chi connectivity index (χ0) is 25.8. The van der Waals surface area contributed by atoms with Crippen LogP contribution in [0, 0.1) is 13.8 Å². The highest BCUT2D eigenvalue weighted by Crippen LogP contribution is 2.43. The van der Waals surface area contributed by atoms with Crippen molar-refractivity contribution in [3.8, 4) is 0 Å². The molecule has 0 aliphatic heterocycles. The lowest BCUT2D eigenvalue weighted by Gasteiger charge is -2.11. The number of nitrogens with zero attached hydrogens (tertiary/aromatic N) is 5. The van der Waals surface area contributed by atoms with E-state index in [1.165, 1.54) is 11.6 Å². The number of fused-ring (bicyclic) bond motifs is 1. The summed E-state index contributed by atoms with van der Waals surface area (Å²) in [6.45, 7) is 3.29. The van der Waals surface area contributed by atoms with E-state index in [0.29, 0.717) is 27.8 Å². The lowest BCUT2D eigenvalue weighted by molar-refractivity contribution is -0.136. The van der Waals surface area contributed by atoms with Gasteiger partial charge in [-0.05, 0) is 44.9 Å². The fourth-order valence-electron chi connectivity index (χ4n) is 4.18. The van der Waals surface area contributed by atoms with Gasteiger partial charge in [-0.25, -0.2) is 9.67 Å². The Hall–Kier alpha value is -3.11. The molecule has 4 aromatic rings. The summed E-state index contributed by atoms with van der Waals surface area (Å²) in [5, 5.41) is 12.2. The molecule has 0 bridgehead atoms. The number of aryl methyl sites for hydroxylation is 2. The minimum absolute atomic E-state index is 0.00606. The molecule has 0 saturated heterocycles. The fourth-order valence-corrected chi connectivity index (χ4v) is 4.69. The Bertz CT molecular complexity index is 1470. The summed E-state index contributed by atoms with van der Waals surface area (Å²) < 4.78 is 44.3. The number of benzene rings is 1. The summed E-state index contributed by atoms with van der Waals surface area (Å²) in [6, 6.07) is 8.00. The molecule has 1 aliphatic carbocycles. The predicted octanol–water partition coefficient (Wildman–Crippen LogP) is 6.13. The second-order valence-electron chi connectivity index (χ2n) is 8.89.